The fourth-order valence-electron chi connectivity index (χ4n) is 1.46. The van der Waals surface area contributed by atoms with Crippen molar-refractivity contribution >= 4 is 5.91 Å². The van der Waals surface area contributed by atoms with Crippen molar-refractivity contribution in [2.45, 2.75) is 26.4 Å². The van der Waals surface area contributed by atoms with Crippen molar-refractivity contribution in [1.29, 1.82) is 0 Å². The van der Waals surface area contributed by atoms with E-state index in [2.05, 4.69) is 10.3 Å². The second-order valence-electron chi connectivity index (χ2n) is 4.40. The smallest absolute Gasteiger partial charge is 0.234 e. The van der Waals surface area contributed by atoms with Crippen molar-refractivity contribution in [1.82, 2.24) is 15.2 Å². The maximum atomic E-state index is 11.5. The first-order valence-corrected chi connectivity index (χ1v) is 5.59. The molecule has 1 amide bonds. The lowest BCUT2D eigenvalue weighted by Crippen LogP contribution is -2.38. The first-order valence-electron chi connectivity index (χ1n) is 5.59. The summed E-state index contributed by atoms with van der Waals surface area (Å²) in [5, 5.41) is 11.9. The lowest BCUT2D eigenvalue weighted by molar-refractivity contribution is -0.122. The van der Waals surface area contributed by atoms with E-state index < -0.39 is 0 Å². The summed E-state index contributed by atoms with van der Waals surface area (Å²) in [4.78, 5) is 17.4. The van der Waals surface area contributed by atoms with Crippen molar-refractivity contribution in [2.75, 3.05) is 13.6 Å². The third-order valence-corrected chi connectivity index (χ3v) is 2.10. The molecule has 5 nitrogen and oxygen atoms in total. The SMILES string of the molecule is CC(C)NC(=O)CN(C)Cc1ccc(O)cn1. The second kappa shape index (κ2) is 6.20. The molecule has 1 heterocycles. The van der Waals surface area contributed by atoms with Crippen LogP contribution in [0.4, 0.5) is 0 Å². The second-order valence-corrected chi connectivity index (χ2v) is 4.40. The van der Waals surface area contributed by atoms with Crippen LogP contribution < -0.4 is 5.32 Å². The number of hydrogen-bond donors (Lipinski definition) is 2. The third kappa shape index (κ3) is 5.31. The van der Waals surface area contributed by atoms with Crippen LogP contribution in [-0.2, 0) is 11.3 Å². The molecule has 0 atom stereocenters. The molecule has 0 aliphatic carbocycles. The van der Waals surface area contributed by atoms with Crippen molar-refractivity contribution in [3.05, 3.63) is 24.0 Å². The van der Waals surface area contributed by atoms with Gasteiger partial charge >= 0.3 is 0 Å². The number of pyridine rings is 1. The molecule has 0 unspecified atom stereocenters. The highest BCUT2D eigenvalue weighted by Gasteiger charge is 2.08. The number of hydrogen-bond acceptors (Lipinski definition) is 4. The number of aromatic nitrogens is 1. The molecule has 1 aromatic heterocycles. The lowest BCUT2D eigenvalue weighted by Gasteiger charge is -2.16. The predicted octanol–water partition coefficient (Wildman–Crippen LogP) is 0.744. The summed E-state index contributed by atoms with van der Waals surface area (Å²) >= 11 is 0. The summed E-state index contributed by atoms with van der Waals surface area (Å²) in [6, 6.07) is 3.49. The van der Waals surface area contributed by atoms with Gasteiger partial charge < -0.3 is 10.4 Å². The lowest BCUT2D eigenvalue weighted by atomic mass is 10.3. The van der Waals surface area contributed by atoms with Gasteiger partial charge in [0.1, 0.15) is 5.75 Å². The molecule has 0 bridgehead atoms. The Kier molecular flexibility index (Phi) is 4.90. The van der Waals surface area contributed by atoms with Gasteiger partial charge in [0.25, 0.3) is 0 Å². The Morgan fingerprint density at radius 1 is 1.53 bits per heavy atom. The number of aromatic hydroxyl groups is 1. The monoisotopic (exact) mass is 237 g/mol. The molecule has 5 heteroatoms. The number of carbonyl (C=O) groups is 1. The molecule has 0 saturated carbocycles. The zero-order valence-electron chi connectivity index (χ0n) is 10.5. The molecule has 0 aliphatic heterocycles. The molecule has 0 spiro atoms. The van der Waals surface area contributed by atoms with Crippen LogP contribution in [0.25, 0.3) is 0 Å². The summed E-state index contributed by atoms with van der Waals surface area (Å²) in [6.07, 6.45) is 1.40. The average molecular weight is 237 g/mol. The van der Waals surface area contributed by atoms with Crippen LogP contribution in [0.1, 0.15) is 19.5 Å². The van der Waals surface area contributed by atoms with E-state index in [0.717, 1.165) is 5.69 Å². The van der Waals surface area contributed by atoms with Gasteiger partial charge in [-0.15, -0.1) is 0 Å². The highest BCUT2D eigenvalue weighted by molar-refractivity contribution is 5.78. The summed E-state index contributed by atoms with van der Waals surface area (Å²) < 4.78 is 0. The standard InChI is InChI=1S/C12H19N3O2/c1-9(2)14-12(17)8-15(3)7-10-4-5-11(16)6-13-10/h4-6,9,16H,7-8H2,1-3H3,(H,14,17). The largest absolute Gasteiger partial charge is 0.506 e. The topological polar surface area (TPSA) is 65.5 Å². The van der Waals surface area contributed by atoms with E-state index in [0.29, 0.717) is 13.1 Å². The Hall–Kier alpha value is -1.62. The molecule has 0 radical (unpaired) electrons. The van der Waals surface area contributed by atoms with Crippen LogP contribution in [0.15, 0.2) is 18.3 Å². The van der Waals surface area contributed by atoms with E-state index >= 15 is 0 Å². The van der Waals surface area contributed by atoms with Crippen molar-refractivity contribution in [3.8, 4) is 5.75 Å². The number of carbonyl (C=O) groups excluding carboxylic acids is 1. The number of amides is 1. The van der Waals surface area contributed by atoms with Crippen LogP contribution in [0.3, 0.4) is 0 Å². The van der Waals surface area contributed by atoms with Crippen molar-refractivity contribution in [3.63, 3.8) is 0 Å². The Labute approximate surface area is 101 Å². The number of rotatable bonds is 5. The van der Waals surface area contributed by atoms with E-state index in [-0.39, 0.29) is 17.7 Å². The third-order valence-electron chi connectivity index (χ3n) is 2.10. The molecular formula is C12H19N3O2. The highest BCUT2D eigenvalue weighted by Crippen LogP contribution is 2.07. The maximum Gasteiger partial charge on any atom is 0.234 e. The molecular weight excluding hydrogens is 218 g/mol. The van der Waals surface area contributed by atoms with Crippen molar-refractivity contribution in [2.24, 2.45) is 0 Å². The van der Waals surface area contributed by atoms with Crippen LogP contribution in [0.2, 0.25) is 0 Å². The van der Waals surface area contributed by atoms with Gasteiger partial charge in [-0.25, -0.2) is 0 Å². The van der Waals surface area contributed by atoms with E-state index in [1.54, 1.807) is 12.1 Å². The highest BCUT2D eigenvalue weighted by atomic mass is 16.3. The zero-order valence-corrected chi connectivity index (χ0v) is 10.5. The van der Waals surface area contributed by atoms with Gasteiger partial charge in [0.05, 0.1) is 18.4 Å². The molecule has 17 heavy (non-hydrogen) atoms. The summed E-state index contributed by atoms with van der Waals surface area (Å²) in [5.74, 6) is 0.148. The minimum Gasteiger partial charge on any atom is -0.506 e. The van der Waals surface area contributed by atoms with Gasteiger partial charge in [0.15, 0.2) is 0 Å². The van der Waals surface area contributed by atoms with Crippen LogP contribution in [0.5, 0.6) is 5.75 Å². The number of likely N-dealkylation sites (N-methyl/N-ethyl adjacent to an activating group) is 1. The normalized spacial score (nSPS) is 10.9. The Morgan fingerprint density at radius 2 is 2.24 bits per heavy atom. The molecule has 2 N–H and O–H groups in total. The molecule has 1 aromatic rings. The maximum absolute atomic E-state index is 11.5. The quantitative estimate of drug-likeness (QED) is 0.793. The number of nitrogens with one attached hydrogen (secondary N) is 1. The van der Waals surface area contributed by atoms with Gasteiger partial charge in [-0.1, -0.05) is 0 Å². The minimum absolute atomic E-state index is 0.00118. The van der Waals surface area contributed by atoms with E-state index in [9.17, 15) is 4.79 Å². The first-order chi connectivity index (χ1) is 7.97. The molecule has 0 saturated heterocycles. The van der Waals surface area contributed by atoms with Gasteiger partial charge in [-0.2, -0.15) is 0 Å². The van der Waals surface area contributed by atoms with E-state index in [1.165, 1.54) is 6.20 Å². The van der Waals surface area contributed by atoms with Crippen LogP contribution in [0, 0.1) is 0 Å². The predicted molar refractivity (Wildman–Crippen MR) is 65.5 cm³/mol. The minimum atomic E-state index is 0.00118. The molecule has 0 fully saturated rings. The van der Waals surface area contributed by atoms with Gasteiger partial charge in [-0.05, 0) is 33.0 Å². The Balaban J connectivity index is 2.41. The number of nitrogens with zero attached hydrogens (tertiary/aromatic N) is 2. The molecule has 0 aromatic carbocycles. The first kappa shape index (κ1) is 13.4. The fraction of sp³-hybridized carbons (Fsp3) is 0.500. The fourth-order valence-corrected chi connectivity index (χ4v) is 1.46. The van der Waals surface area contributed by atoms with Gasteiger partial charge in [0.2, 0.25) is 5.91 Å². The van der Waals surface area contributed by atoms with Crippen LogP contribution >= 0.6 is 0 Å². The van der Waals surface area contributed by atoms with Gasteiger partial charge in [0, 0.05) is 12.6 Å². The summed E-state index contributed by atoms with van der Waals surface area (Å²) in [6.45, 7) is 4.77. The Morgan fingerprint density at radius 3 is 2.76 bits per heavy atom. The van der Waals surface area contributed by atoms with E-state index in [1.807, 2.05) is 25.8 Å². The molecule has 1 rings (SSSR count). The van der Waals surface area contributed by atoms with E-state index in [4.69, 9.17) is 5.11 Å². The molecule has 0 aliphatic rings. The zero-order chi connectivity index (χ0) is 12.8. The van der Waals surface area contributed by atoms with Gasteiger partial charge in [-0.3, -0.25) is 14.7 Å². The van der Waals surface area contributed by atoms with Crippen molar-refractivity contribution < 1.29 is 9.90 Å². The summed E-state index contributed by atoms with van der Waals surface area (Å²) in [5.41, 5.74) is 0.822. The molecule has 94 valence electrons. The Bertz CT molecular complexity index is 363. The summed E-state index contributed by atoms with van der Waals surface area (Å²) in [7, 11) is 1.86. The average Bonchev–Trinajstić information content (AvgIpc) is 2.19. The van der Waals surface area contributed by atoms with Crippen LogP contribution in [-0.4, -0.2) is 40.5 Å².